The quantitative estimate of drug-likeness (QED) is 0.851. The summed E-state index contributed by atoms with van der Waals surface area (Å²) in [6.45, 7) is 1.73. The molecule has 0 bridgehead atoms. The fraction of sp³-hybridized carbons (Fsp3) is 0.500. The zero-order chi connectivity index (χ0) is 11.6. The molecule has 0 unspecified atom stereocenters. The Morgan fingerprint density at radius 2 is 2.20 bits per heavy atom. The molecule has 0 aliphatic rings. The summed E-state index contributed by atoms with van der Waals surface area (Å²) < 4.78 is 37.9. The second-order valence-electron chi connectivity index (χ2n) is 2.94. The predicted octanol–water partition coefficient (Wildman–Crippen LogP) is 2.01. The van der Waals surface area contributed by atoms with Crippen LogP contribution in [0, 0.1) is 0 Å². The van der Waals surface area contributed by atoms with Crippen LogP contribution in [0.3, 0.4) is 0 Å². The normalized spacial score (nSPS) is 11.7. The minimum Gasteiger partial charge on any atom is -0.476 e. The lowest BCUT2D eigenvalue weighted by molar-refractivity contribution is -0.144. The maximum absolute atomic E-state index is 12.4. The number of hydrogen-bond acceptors (Lipinski definition) is 2. The highest BCUT2D eigenvalue weighted by molar-refractivity contribution is 5.85. The third-order valence-corrected chi connectivity index (χ3v) is 1.72. The molecule has 0 aliphatic heterocycles. The third-order valence-electron chi connectivity index (χ3n) is 1.72. The van der Waals surface area contributed by atoms with Gasteiger partial charge in [0, 0.05) is 12.6 Å². The molecule has 0 aromatic carbocycles. The van der Waals surface area contributed by atoms with Gasteiger partial charge in [-0.3, -0.25) is 4.68 Å². The minimum absolute atomic E-state index is 0.0438. The van der Waals surface area contributed by atoms with Crippen molar-refractivity contribution in [3.63, 3.8) is 0 Å². The number of carboxylic acid groups (broad SMARTS) is 1. The van der Waals surface area contributed by atoms with Crippen LogP contribution in [0.15, 0.2) is 6.07 Å². The van der Waals surface area contributed by atoms with E-state index in [2.05, 4.69) is 5.10 Å². The van der Waals surface area contributed by atoms with Crippen LogP contribution in [-0.2, 0) is 12.7 Å². The number of rotatable bonds is 3. The van der Waals surface area contributed by atoms with Crippen molar-refractivity contribution < 1.29 is 23.1 Å². The molecule has 0 saturated heterocycles. The van der Waals surface area contributed by atoms with Crippen LogP contribution in [0.2, 0.25) is 0 Å². The Bertz CT molecular complexity index is 370. The molecule has 0 amide bonds. The molecule has 0 saturated carbocycles. The van der Waals surface area contributed by atoms with E-state index >= 15 is 0 Å². The smallest absolute Gasteiger partial charge is 0.433 e. The molecular formula is C8H9F3N2O2. The van der Waals surface area contributed by atoms with Crippen LogP contribution in [-0.4, -0.2) is 20.9 Å². The summed E-state index contributed by atoms with van der Waals surface area (Å²) in [7, 11) is 0. The van der Waals surface area contributed by atoms with E-state index in [1.54, 1.807) is 6.92 Å². The van der Waals surface area contributed by atoms with Crippen molar-refractivity contribution in [1.82, 2.24) is 9.78 Å². The number of aryl methyl sites for hydroxylation is 1. The molecule has 4 nitrogen and oxygen atoms in total. The summed E-state index contributed by atoms with van der Waals surface area (Å²) in [6, 6.07) is 0.540. The number of halogens is 3. The first kappa shape index (κ1) is 11.5. The van der Waals surface area contributed by atoms with Crippen molar-refractivity contribution in [2.75, 3.05) is 0 Å². The Balaban J connectivity index is 3.17. The monoisotopic (exact) mass is 222 g/mol. The number of alkyl halides is 3. The zero-order valence-electron chi connectivity index (χ0n) is 7.88. The van der Waals surface area contributed by atoms with Crippen molar-refractivity contribution in [2.45, 2.75) is 26.1 Å². The molecule has 1 aromatic rings. The molecule has 0 atom stereocenters. The van der Waals surface area contributed by atoms with E-state index in [0.29, 0.717) is 17.2 Å². The van der Waals surface area contributed by atoms with Gasteiger partial charge >= 0.3 is 12.1 Å². The second-order valence-corrected chi connectivity index (χ2v) is 2.94. The van der Waals surface area contributed by atoms with Gasteiger partial charge in [-0.2, -0.15) is 18.3 Å². The maximum Gasteiger partial charge on any atom is 0.433 e. The van der Waals surface area contributed by atoms with Gasteiger partial charge in [0.2, 0.25) is 0 Å². The van der Waals surface area contributed by atoms with Gasteiger partial charge in [0.25, 0.3) is 0 Å². The molecule has 1 heterocycles. The molecule has 1 N–H and O–H groups in total. The van der Waals surface area contributed by atoms with Gasteiger partial charge in [-0.1, -0.05) is 6.92 Å². The summed E-state index contributed by atoms with van der Waals surface area (Å²) in [5.74, 6) is -1.46. The van der Waals surface area contributed by atoms with Crippen molar-refractivity contribution in [2.24, 2.45) is 0 Å². The molecular weight excluding hydrogens is 213 g/mol. The van der Waals surface area contributed by atoms with E-state index in [-0.39, 0.29) is 6.54 Å². The van der Waals surface area contributed by atoms with Gasteiger partial charge in [-0.25, -0.2) is 4.79 Å². The number of carbonyl (C=O) groups is 1. The van der Waals surface area contributed by atoms with Gasteiger partial charge < -0.3 is 5.11 Å². The van der Waals surface area contributed by atoms with Gasteiger partial charge in [-0.15, -0.1) is 0 Å². The highest BCUT2D eigenvalue weighted by Gasteiger charge is 2.36. The first-order chi connectivity index (χ1) is 6.86. The fourth-order valence-corrected chi connectivity index (χ4v) is 1.13. The second kappa shape index (κ2) is 3.92. The number of nitrogens with zero attached hydrogens (tertiary/aromatic N) is 2. The van der Waals surface area contributed by atoms with Crippen LogP contribution in [0.5, 0.6) is 0 Å². The first-order valence-electron chi connectivity index (χ1n) is 4.24. The molecule has 0 spiro atoms. The SMILES string of the molecule is CCCn1nc(C(=O)O)cc1C(F)(F)F. The minimum atomic E-state index is -4.57. The summed E-state index contributed by atoms with van der Waals surface area (Å²) in [6.07, 6.45) is -4.13. The molecule has 1 rings (SSSR count). The van der Waals surface area contributed by atoms with Gasteiger partial charge in [0.1, 0.15) is 5.69 Å². The van der Waals surface area contributed by atoms with E-state index in [4.69, 9.17) is 5.11 Å². The Morgan fingerprint density at radius 3 is 2.60 bits per heavy atom. The Labute approximate surface area is 83.3 Å². The zero-order valence-corrected chi connectivity index (χ0v) is 7.88. The molecule has 0 fully saturated rings. The summed E-state index contributed by atoms with van der Waals surface area (Å²) >= 11 is 0. The van der Waals surface area contributed by atoms with E-state index < -0.39 is 23.5 Å². The first-order valence-corrected chi connectivity index (χ1v) is 4.24. The fourth-order valence-electron chi connectivity index (χ4n) is 1.13. The molecule has 15 heavy (non-hydrogen) atoms. The third kappa shape index (κ3) is 2.48. The number of hydrogen-bond donors (Lipinski definition) is 1. The van der Waals surface area contributed by atoms with Crippen LogP contribution in [0.4, 0.5) is 13.2 Å². The van der Waals surface area contributed by atoms with Crippen molar-refractivity contribution >= 4 is 5.97 Å². The number of aromatic nitrogens is 2. The average molecular weight is 222 g/mol. The molecule has 1 aromatic heterocycles. The lowest BCUT2D eigenvalue weighted by atomic mass is 10.3. The number of carboxylic acids is 1. The molecule has 0 aliphatic carbocycles. The number of aromatic carboxylic acids is 1. The maximum atomic E-state index is 12.4. The summed E-state index contributed by atoms with van der Waals surface area (Å²) in [5, 5.41) is 11.9. The van der Waals surface area contributed by atoms with Gasteiger partial charge in [-0.05, 0) is 6.42 Å². The highest BCUT2D eigenvalue weighted by Crippen LogP contribution is 2.29. The Kier molecular flexibility index (Phi) is 3.01. The van der Waals surface area contributed by atoms with Crippen LogP contribution in [0.25, 0.3) is 0 Å². The van der Waals surface area contributed by atoms with Gasteiger partial charge in [0.15, 0.2) is 5.69 Å². The lowest BCUT2D eigenvalue weighted by Crippen LogP contribution is -2.14. The van der Waals surface area contributed by atoms with Crippen LogP contribution < -0.4 is 0 Å². The van der Waals surface area contributed by atoms with E-state index in [0.717, 1.165) is 0 Å². The van der Waals surface area contributed by atoms with Crippen LogP contribution in [0.1, 0.15) is 29.5 Å². The topological polar surface area (TPSA) is 55.1 Å². The Hall–Kier alpha value is -1.53. The van der Waals surface area contributed by atoms with E-state index in [1.165, 1.54) is 0 Å². The lowest BCUT2D eigenvalue weighted by Gasteiger charge is -2.08. The molecule has 0 radical (unpaired) electrons. The van der Waals surface area contributed by atoms with Crippen molar-refractivity contribution in [1.29, 1.82) is 0 Å². The standard InChI is InChI=1S/C8H9F3N2O2/c1-2-3-13-6(8(9,10)11)4-5(12-13)7(14)15/h4H,2-3H2,1H3,(H,14,15). The summed E-state index contributed by atoms with van der Waals surface area (Å²) in [5.41, 5.74) is -1.61. The predicted molar refractivity (Wildman–Crippen MR) is 44.5 cm³/mol. The Morgan fingerprint density at radius 1 is 1.60 bits per heavy atom. The van der Waals surface area contributed by atoms with Crippen LogP contribution >= 0.6 is 0 Å². The molecule has 84 valence electrons. The highest BCUT2D eigenvalue weighted by atomic mass is 19.4. The van der Waals surface area contributed by atoms with E-state index in [1.807, 2.05) is 0 Å². The average Bonchev–Trinajstić information content (AvgIpc) is 2.48. The van der Waals surface area contributed by atoms with Crippen molar-refractivity contribution in [3.8, 4) is 0 Å². The summed E-state index contributed by atoms with van der Waals surface area (Å²) in [4.78, 5) is 10.5. The van der Waals surface area contributed by atoms with E-state index in [9.17, 15) is 18.0 Å². The largest absolute Gasteiger partial charge is 0.476 e. The van der Waals surface area contributed by atoms with Crippen molar-refractivity contribution in [3.05, 3.63) is 17.5 Å². The van der Waals surface area contributed by atoms with Gasteiger partial charge in [0.05, 0.1) is 0 Å². The molecule has 7 heteroatoms.